The van der Waals surface area contributed by atoms with Crippen LogP contribution in [0.5, 0.6) is 0 Å². The number of halogens is 1. The van der Waals surface area contributed by atoms with Gasteiger partial charge in [-0.3, -0.25) is 4.31 Å². The van der Waals surface area contributed by atoms with Gasteiger partial charge in [-0.05, 0) is 25.1 Å². The molecule has 0 spiro atoms. The molecule has 1 heterocycles. The number of imidazole rings is 1. The Kier molecular flexibility index (Phi) is 3.33. The van der Waals surface area contributed by atoms with E-state index < -0.39 is 15.8 Å². The topological polar surface area (TPSA) is 66.1 Å². The van der Waals surface area contributed by atoms with Crippen LogP contribution in [0.3, 0.4) is 0 Å². The highest BCUT2D eigenvalue weighted by Crippen LogP contribution is 2.22. The van der Waals surface area contributed by atoms with Crippen LogP contribution in [0.1, 0.15) is 6.92 Å². The maximum absolute atomic E-state index is 13.2. The van der Waals surface area contributed by atoms with Crippen LogP contribution in [0.4, 0.5) is 10.1 Å². The van der Waals surface area contributed by atoms with Gasteiger partial charge in [0.2, 0.25) is 0 Å². The predicted octanol–water partition coefficient (Wildman–Crippen LogP) is 1.76. The lowest BCUT2D eigenvalue weighted by Gasteiger charge is -2.21. The zero-order valence-corrected chi connectivity index (χ0v) is 10.5. The van der Waals surface area contributed by atoms with Gasteiger partial charge in [0.1, 0.15) is 5.82 Å². The second kappa shape index (κ2) is 4.77. The third-order valence-electron chi connectivity index (χ3n) is 2.42. The zero-order valence-electron chi connectivity index (χ0n) is 9.67. The molecule has 5 nitrogen and oxygen atoms in total. The van der Waals surface area contributed by atoms with Gasteiger partial charge in [0.05, 0.1) is 18.2 Å². The standard InChI is InChI=1S/C11H12FN3O2S/c1-2-15(10-5-3-4-9(12)6-10)18(16,17)11-7-13-8-14-11/h3-8H,2H2,1H3,(H,13,14). The number of aromatic nitrogens is 2. The summed E-state index contributed by atoms with van der Waals surface area (Å²) in [6.07, 6.45) is 2.50. The summed E-state index contributed by atoms with van der Waals surface area (Å²) in [7, 11) is -3.73. The van der Waals surface area contributed by atoms with Crippen LogP contribution in [0, 0.1) is 5.82 Å². The molecule has 18 heavy (non-hydrogen) atoms. The Morgan fingerprint density at radius 1 is 1.44 bits per heavy atom. The molecular formula is C11H12FN3O2S. The van der Waals surface area contributed by atoms with Crippen molar-refractivity contribution < 1.29 is 12.8 Å². The fraction of sp³-hybridized carbons (Fsp3) is 0.182. The number of nitrogens with zero attached hydrogens (tertiary/aromatic N) is 2. The van der Waals surface area contributed by atoms with E-state index in [0.717, 1.165) is 4.31 Å². The summed E-state index contributed by atoms with van der Waals surface area (Å²) >= 11 is 0. The van der Waals surface area contributed by atoms with Crippen molar-refractivity contribution in [1.82, 2.24) is 9.97 Å². The van der Waals surface area contributed by atoms with Gasteiger partial charge in [-0.2, -0.15) is 8.42 Å². The van der Waals surface area contributed by atoms with E-state index in [4.69, 9.17) is 0 Å². The highest BCUT2D eigenvalue weighted by molar-refractivity contribution is 7.92. The summed E-state index contributed by atoms with van der Waals surface area (Å²) in [4.78, 5) is 6.22. The van der Waals surface area contributed by atoms with Gasteiger partial charge < -0.3 is 4.98 Å². The molecule has 1 N–H and O–H groups in total. The monoisotopic (exact) mass is 269 g/mol. The molecule has 0 atom stereocenters. The van der Waals surface area contributed by atoms with Gasteiger partial charge in [-0.15, -0.1) is 0 Å². The van der Waals surface area contributed by atoms with Gasteiger partial charge in [0, 0.05) is 6.54 Å². The molecule has 0 saturated carbocycles. The molecule has 0 fully saturated rings. The summed E-state index contributed by atoms with van der Waals surface area (Å²) in [6, 6.07) is 5.45. The van der Waals surface area contributed by atoms with Crippen molar-refractivity contribution in [3.05, 3.63) is 42.6 Å². The van der Waals surface area contributed by atoms with Crippen molar-refractivity contribution in [2.75, 3.05) is 10.8 Å². The molecule has 0 aliphatic heterocycles. The Bertz CT molecular complexity index is 625. The molecule has 1 aromatic carbocycles. The zero-order chi connectivity index (χ0) is 13.2. The van der Waals surface area contributed by atoms with E-state index in [1.54, 1.807) is 13.0 Å². The van der Waals surface area contributed by atoms with E-state index in [2.05, 4.69) is 9.97 Å². The molecule has 0 aliphatic carbocycles. The minimum Gasteiger partial charge on any atom is -0.334 e. The van der Waals surface area contributed by atoms with Crippen LogP contribution < -0.4 is 4.31 Å². The molecule has 0 unspecified atom stereocenters. The molecule has 7 heteroatoms. The lowest BCUT2D eigenvalue weighted by molar-refractivity contribution is 0.588. The van der Waals surface area contributed by atoms with E-state index >= 15 is 0 Å². The van der Waals surface area contributed by atoms with Crippen molar-refractivity contribution in [3.63, 3.8) is 0 Å². The molecule has 0 bridgehead atoms. The van der Waals surface area contributed by atoms with Gasteiger partial charge in [0.15, 0.2) is 5.03 Å². The quantitative estimate of drug-likeness (QED) is 0.919. The number of aromatic amines is 1. The molecule has 2 aromatic rings. The Morgan fingerprint density at radius 2 is 2.22 bits per heavy atom. The molecule has 96 valence electrons. The maximum atomic E-state index is 13.2. The van der Waals surface area contributed by atoms with Crippen molar-refractivity contribution in [1.29, 1.82) is 0 Å². The summed E-state index contributed by atoms with van der Waals surface area (Å²) < 4.78 is 38.8. The number of anilines is 1. The van der Waals surface area contributed by atoms with Crippen LogP contribution in [-0.4, -0.2) is 24.9 Å². The van der Waals surface area contributed by atoms with Crippen molar-refractivity contribution in [2.24, 2.45) is 0 Å². The van der Waals surface area contributed by atoms with Crippen molar-refractivity contribution in [2.45, 2.75) is 11.9 Å². The Hall–Kier alpha value is -1.89. The second-order valence-corrected chi connectivity index (χ2v) is 5.40. The minimum absolute atomic E-state index is 0.0198. The van der Waals surface area contributed by atoms with Crippen molar-refractivity contribution >= 4 is 15.7 Å². The summed E-state index contributed by atoms with van der Waals surface area (Å²) in [5.74, 6) is -0.481. The van der Waals surface area contributed by atoms with E-state index in [-0.39, 0.29) is 17.3 Å². The van der Waals surface area contributed by atoms with Crippen molar-refractivity contribution in [3.8, 4) is 0 Å². The first-order chi connectivity index (χ1) is 8.55. The third kappa shape index (κ3) is 2.21. The Balaban J connectivity index is 2.47. The van der Waals surface area contributed by atoms with Crippen LogP contribution in [0.15, 0.2) is 41.8 Å². The highest BCUT2D eigenvalue weighted by atomic mass is 32.2. The Labute approximate surface area is 104 Å². The minimum atomic E-state index is -3.73. The molecule has 0 saturated heterocycles. The first-order valence-corrected chi connectivity index (χ1v) is 6.76. The number of hydrogen-bond acceptors (Lipinski definition) is 3. The first kappa shape index (κ1) is 12.6. The SMILES string of the molecule is CCN(c1cccc(F)c1)S(=O)(=O)c1cnc[nH]1. The predicted molar refractivity (Wildman–Crippen MR) is 65.2 cm³/mol. The largest absolute Gasteiger partial charge is 0.334 e. The normalized spacial score (nSPS) is 11.4. The number of hydrogen-bond donors (Lipinski definition) is 1. The number of benzene rings is 1. The average molecular weight is 269 g/mol. The van der Waals surface area contributed by atoms with E-state index in [1.165, 1.54) is 30.7 Å². The van der Waals surface area contributed by atoms with Crippen LogP contribution in [0.2, 0.25) is 0 Å². The summed E-state index contributed by atoms with van der Waals surface area (Å²) in [5.41, 5.74) is 0.284. The van der Waals surface area contributed by atoms with E-state index in [1.807, 2.05) is 0 Å². The van der Waals surface area contributed by atoms with Gasteiger partial charge in [0.25, 0.3) is 10.0 Å². The number of sulfonamides is 1. The van der Waals surface area contributed by atoms with Crippen LogP contribution in [-0.2, 0) is 10.0 Å². The maximum Gasteiger partial charge on any atom is 0.281 e. The number of nitrogens with one attached hydrogen (secondary N) is 1. The second-order valence-electron chi connectivity index (χ2n) is 3.57. The smallest absolute Gasteiger partial charge is 0.281 e. The molecule has 0 radical (unpaired) electrons. The summed E-state index contributed by atoms with van der Waals surface area (Å²) in [6.45, 7) is 1.88. The summed E-state index contributed by atoms with van der Waals surface area (Å²) in [5, 5.41) is -0.0198. The molecule has 0 aliphatic rings. The van der Waals surface area contributed by atoms with Gasteiger partial charge in [-0.25, -0.2) is 9.37 Å². The lowest BCUT2D eigenvalue weighted by Crippen LogP contribution is -2.31. The fourth-order valence-electron chi connectivity index (χ4n) is 1.63. The van der Waals surface area contributed by atoms with Crippen LogP contribution >= 0.6 is 0 Å². The molecule has 0 amide bonds. The highest BCUT2D eigenvalue weighted by Gasteiger charge is 2.24. The number of rotatable bonds is 4. The van der Waals surface area contributed by atoms with E-state index in [9.17, 15) is 12.8 Å². The fourth-order valence-corrected chi connectivity index (χ4v) is 2.99. The first-order valence-electron chi connectivity index (χ1n) is 5.32. The Morgan fingerprint density at radius 3 is 2.78 bits per heavy atom. The molecule has 2 rings (SSSR count). The average Bonchev–Trinajstić information content (AvgIpc) is 2.83. The molecular weight excluding hydrogens is 257 g/mol. The van der Waals surface area contributed by atoms with Gasteiger partial charge in [-0.1, -0.05) is 6.07 Å². The van der Waals surface area contributed by atoms with Gasteiger partial charge >= 0.3 is 0 Å². The number of H-pyrrole nitrogens is 1. The van der Waals surface area contributed by atoms with Crippen LogP contribution in [0.25, 0.3) is 0 Å². The molecule has 1 aromatic heterocycles. The lowest BCUT2D eigenvalue weighted by atomic mass is 10.3. The third-order valence-corrected chi connectivity index (χ3v) is 4.25. The van der Waals surface area contributed by atoms with E-state index in [0.29, 0.717) is 0 Å².